The Bertz CT molecular complexity index is 329. The predicted octanol–water partition coefficient (Wildman–Crippen LogP) is 3.09. The van der Waals surface area contributed by atoms with Crippen molar-refractivity contribution >= 4 is 17.7 Å². The lowest BCUT2D eigenvalue weighted by molar-refractivity contribution is -0.132. The summed E-state index contributed by atoms with van der Waals surface area (Å²) < 4.78 is 0. The first-order valence-electron chi connectivity index (χ1n) is 5.89. The maximum atomic E-state index is 11.5. The van der Waals surface area contributed by atoms with Crippen LogP contribution in [-0.2, 0) is 4.79 Å². The molecule has 0 aliphatic heterocycles. The normalized spacial score (nSPS) is 12.1. The third kappa shape index (κ3) is 5.24. The van der Waals surface area contributed by atoms with Crippen molar-refractivity contribution in [3.05, 3.63) is 30.3 Å². The molecule has 1 aromatic rings. The molecule has 0 bridgehead atoms. The molecule has 0 saturated heterocycles. The van der Waals surface area contributed by atoms with Gasteiger partial charge in [-0.15, -0.1) is 11.8 Å². The lowest BCUT2D eigenvalue weighted by atomic mass is 10.0. The van der Waals surface area contributed by atoms with E-state index in [2.05, 4.69) is 6.92 Å². The van der Waals surface area contributed by atoms with Gasteiger partial charge in [-0.2, -0.15) is 0 Å². The van der Waals surface area contributed by atoms with Gasteiger partial charge in [0, 0.05) is 16.6 Å². The van der Waals surface area contributed by atoms with E-state index in [-0.39, 0.29) is 11.8 Å². The van der Waals surface area contributed by atoms with Gasteiger partial charge in [0.25, 0.3) is 0 Å². The lowest BCUT2D eigenvalue weighted by Crippen LogP contribution is -2.29. The third-order valence-corrected chi connectivity index (χ3v) is 3.76. The number of hydrogen-bond donors (Lipinski definition) is 2. The van der Waals surface area contributed by atoms with Crippen molar-refractivity contribution < 1.29 is 10.0 Å². The van der Waals surface area contributed by atoms with E-state index in [1.54, 1.807) is 17.2 Å². The maximum absolute atomic E-state index is 11.5. The SMILES string of the molecule is CCCCC(CSc1ccccc1)C(=O)NO. The molecule has 1 atom stereocenters. The molecule has 0 aliphatic carbocycles. The molecule has 0 saturated carbocycles. The number of hydrogen-bond acceptors (Lipinski definition) is 3. The Morgan fingerprint density at radius 1 is 1.41 bits per heavy atom. The Morgan fingerprint density at radius 2 is 2.12 bits per heavy atom. The van der Waals surface area contributed by atoms with E-state index in [4.69, 9.17) is 5.21 Å². The molecule has 1 aromatic carbocycles. The molecule has 0 spiro atoms. The minimum atomic E-state index is -0.276. The fourth-order valence-corrected chi connectivity index (χ4v) is 2.61. The molecule has 2 N–H and O–H groups in total. The molecule has 0 heterocycles. The van der Waals surface area contributed by atoms with Crippen LogP contribution in [0.1, 0.15) is 26.2 Å². The van der Waals surface area contributed by atoms with Gasteiger partial charge in [-0.25, -0.2) is 5.48 Å². The van der Waals surface area contributed by atoms with Crippen LogP contribution in [0.4, 0.5) is 0 Å². The van der Waals surface area contributed by atoms with Gasteiger partial charge in [0.1, 0.15) is 0 Å². The molecular formula is C13H19NO2S. The van der Waals surface area contributed by atoms with Crippen LogP contribution in [0.2, 0.25) is 0 Å². The van der Waals surface area contributed by atoms with Crippen molar-refractivity contribution in [2.45, 2.75) is 31.1 Å². The number of hydroxylamine groups is 1. The van der Waals surface area contributed by atoms with Gasteiger partial charge in [-0.3, -0.25) is 10.0 Å². The lowest BCUT2D eigenvalue weighted by Gasteiger charge is -2.13. The highest BCUT2D eigenvalue weighted by Crippen LogP contribution is 2.22. The summed E-state index contributed by atoms with van der Waals surface area (Å²) >= 11 is 1.65. The van der Waals surface area contributed by atoms with Crippen LogP contribution < -0.4 is 5.48 Å². The van der Waals surface area contributed by atoms with Crippen LogP contribution in [0, 0.1) is 5.92 Å². The van der Waals surface area contributed by atoms with E-state index in [1.807, 2.05) is 30.3 Å². The second-order valence-electron chi connectivity index (χ2n) is 3.94. The van der Waals surface area contributed by atoms with Crippen LogP contribution in [0.25, 0.3) is 0 Å². The highest BCUT2D eigenvalue weighted by molar-refractivity contribution is 7.99. The van der Waals surface area contributed by atoms with Gasteiger partial charge in [-0.1, -0.05) is 38.0 Å². The van der Waals surface area contributed by atoms with Crippen molar-refractivity contribution in [1.29, 1.82) is 0 Å². The van der Waals surface area contributed by atoms with Crippen LogP contribution in [-0.4, -0.2) is 16.9 Å². The first-order chi connectivity index (χ1) is 8.27. The molecule has 0 fully saturated rings. The Balaban J connectivity index is 2.46. The standard InChI is InChI=1S/C13H19NO2S/c1-2-3-7-11(13(15)14-16)10-17-12-8-5-4-6-9-12/h4-6,8-9,11,16H,2-3,7,10H2,1H3,(H,14,15). The molecule has 94 valence electrons. The Hall–Kier alpha value is -1.00. The first kappa shape index (κ1) is 14.1. The molecule has 1 rings (SSSR count). The average Bonchev–Trinajstić information content (AvgIpc) is 2.39. The largest absolute Gasteiger partial charge is 0.289 e. The number of rotatable bonds is 7. The zero-order valence-electron chi connectivity index (χ0n) is 10.1. The van der Waals surface area contributed by atoms with Crippen LogP contribution in [0.15, 0.2) is 35.2 Å². The second kappa shape index (κ2) is 8.14. The highest BCUT2D eigenvalue weighted by atomic mass is 32.2. The molecule has 0 aliphatic rings. The first-order valence-corrected chi connectivity index (χ1v) is 6.88. The number of nitrogens with one attached hydrogen (secondary N) is 1. The molecule has 1 unspecified atom stereocenters. The zero-order valence-corrected chi connectivity index (χ0v) is 10.9. The number of benzene rings is 1. The number of carbonyl (C=O) groups is 1. The monoisotopic (exact) mass is 253 g/mol. The summed E-state index contributed by atoms with van der Waals surface area (Å²) in [5.41, 5.74) is 1.76. The van der Waals surface area contributed by atoms with Gasteiger partial charge in [0.2, 0.25) is 5.91 Å². The quantitative estimate of drug-likeness (QED) is 0.446. The predicted molar refractivity (Wildman–Crippen MR) is 70.1 cm³/mol. The van der Waals surface area contributed by atoms with Crippen molar-refractivity contribution in [3.63, 3.8) is 0 Å². The zero-order chi connectivity index (χ0) is 12.5. The Labute approximate surface area is 107 Å². The minimum Gasteiger partial charge on any atom is -0.289 e. The fourth-order valence-electron chi connectivity index (χ4n) is 1.55. The highest BCUT2D eigenvalue weighted by Gasteiger charge is 2.17. The van der Waals surface area contributed by atoms with Crippen molar-refractivity contribution in [2.75, 3.05) is 5.75 Å². The summed E-state index contributed by atoms with van der Waals surface area (Å²) in [7, 11) is 0. The second-order valence-corrected chi connectivity index (χ2v) is 5.03. The van der Waals surface area contributed by atoms with E-state index in [1.165, 1.54) is 0 Å². The van der Waals surface area contributed by atoms with Gasteiger partial charge in [0.05, 0.1) is 0 Å². The Morgan fingerprint density at radius 3 is 2.71 bits per heavy atom. The molecule has 0 radical (unpaired) electrons. The number of unbranched alkanes of at least 4 members (excludes halogenated alkanes) is 1. The summed E-state index contributed by atoms with van der Waals surface area (Å²) in [5.74, 6) is 0.309. The average molecular weight is 253 g/mol. The summed E-state index contributed by atoms with van der Waals surface area (Å²) in [6.45, 7) is 2.10. The topological polar surface area (TPSA) is 49.3 Å². The molecule has 4 heteroatoms. The molecule has 17 heavy (non-hydrogen) atoms. The molecule has 3 nitrogen and oxygen atoms in total. The van der Waals surface area contributed by atoms with E-state index in [0.29, 0.717) is 5.75 Å². The van der Waals surface area contributed by atoms with Gasteiger partial charge < -0.3 is 0 Å². The Kier molecular flexibility index (Phi) is 6.74. The third-order valence-electron chi connectivity index (χ3n) is 2.58. The number of thioether (sulfide) groups is 1. The summed E-state index contributed by atoms with van der Waals surface area (Å²) in [6, 6.07) is 9.99. The van der Waals surface area contributed by atoms with Gasteiger partial charge in [0.15, 0.2) is 0 Å². The summed E-state index contributed by atoms with van der Waals surface area (Å²) in [6.07, 6.45) is 2.89. The van der Waals surface area contributed by atoms with Crippen LogP contribution in [0.3, 0.4) is 0 Å². The number of carbonyl (C=O) groups excluding carboxylic acids is 1. The van der Waals surface area contributed by atoms with Crippen molar-refractivity contribution in [3.8, 4) is 0 Å². The maximum Gasteiger partial charge on any atom is 0.247 e. The fraction of sp³-hybridized carbons (Fsp3) is 0.462. The van der Waals surface area contributed by atoms with Gasteiger partial charge in [-0.05, 0) is 18.6 Å². The molecule has 0 aromatic heterocycles. The van der Waals surface area contributed by atoms with E-state index in [0.717, 1.165) is 24.2 Å². The van der Waals surface area contributed by atoms with Gasteiger partial charge >= 0.3 is 0 Å². The summed E-state index contributed by atoms with van der Waals surface area (Å²) in [5, 5.41) is 8.69. The van der Waals surface area contributed by atoms with Crippen molar-refractivity contribution in [1.82, 2.24) is 5.48 Å². The smallest absolute Gasteiger partial charge is 0.247 e. The molecular weight excluding hydrogens is 234 g/mol. The number of amides is 1. The minimum absolute atomic E-state index is 0.120. The summed E-state index contributed by atoms with van der Waals surface area (Å²) in [4.78, 5) is 12.6. The van der Waals surface area contributed by atoms with E-state index < -0.39 is 0 Å². The molecule has 1 amide bonds. The van der Waals surface area contributed by atoms with Crippen LogP contribution >= 0.6 is 11.8 Å². The van der Waals surface area contributed by atoms with E-state index in [9.17, 15) is 4.79 Å². The van der Waals surface area contributed by atoms with E-state index >= 15 is 0 Å². The van der Waals surface area contributed by atoms with Crippen LogP contribution in [0.5, 0.6) is 0 Å². The van der Waals surface area contributed by atoms with Crippen molar-refractivity contribution in [2.24, 2.45) is 5.92 Å².